The summed E-state index contributed by atoms with van der Waals surface area (Å²) < 4.78 is 13.5. The van der Waals surface area contributed by atoms with Crippen molar-refractivity contribution in [3.05, 3.63) is 162 Å². The van der Waals surface area contributed by atoms with Crippen molar-refractivity contribution in [3.8, 4) is 22.3 Å². The SMILES string of the molecule is CC(C)(C)c1ccc(N2c3cc4c(sc5ccccc54)c4c3B(c3c2oc2c3ccc3ccccc32)n2c3ccc(C56CC7CC(CC(C7)C5)C6)cc3c3cc(C56CC7CC(CC(C7)C5)C6)cc-4c32)c(-c2ccccc2)c1. The molecule has 8 bridgehead atoms. The van der Waals surface area contributed by atoms with Crippen molar-refractivity contribution in [1.82, 2.24) is 4.48 Å². The molecule has 21 rings (SSSR count). The number of hydrogen-bond donors (Lipinski definition) is 0. The normalized spacial score (nSPS) is 27.4. The van der Waals surface area contributed by atoms with Crippen LogP contribution in [0.1, 0.15) is 115 Å². The monoisotopic (exact) mass is 1010 g/mol. The van der Waals surface area contributed by atoms with Crippen LogP contribution in [-0.2, 0) is 16.2 Å². The Hall–Kier alpha value is -6.56. The Bertz CT molecular complexity index is 4360. The standard InChI is InChI=1S/C72H63BN2OS/c1-70(2,3)48-18-21-59(54(29-48)46-11-5-4-6-12-46)74-61-33-57-52-15-9-10-16-62(52)77-68(57)63-58-32-50(72-37-43-26-44(38-72)28-45(27-43)39-72)31-56-55-30-49(71-34-40-23-41(35-71)25-42(24-40)36-71)19-22-60(55)75(66(56)58)73(65(61)63)64-53-20-17-47-13-7-8-14-51(47)67(53)76-69(64)74/h4-22,29-33,40-45H,23-28,34-39H2,1-3H3. The summed E-state index contributed by atoms with van der Waals surface area (Å²) in [6.07, 6.45) is 17.0. The predicted octanol–water partition coefficient (Wildman–Crippen LogP) is 18.4. The van der Waals surface area contributed by atoms with E-state index in [0.717, 1.165) is 52.7 Å². The lowest BCUT2D eigenvalue weighted by molar-refractivity contribution is -0.00527. The lowest BCUT2D eigenvalue weighted by Gasteiger charge is -2.57. The number of furan rings is 1. The highest BCUT2D eigenvalue weighted by atomic mass is 32.1. The number of benzene rings is 8. The fourth-order valence-electron chi connectivity index (χ4n) is 19.9. The van der Waals surface area contributed by atoms with Crippen LogP contribution in [0.25, 0.3) is 86.0 Å². The van der Waals surface area contributed by atoms with Crippen molar-refractivity contribution >= 4 is 110 Å². The van der Waals surface area contributed by atoms with E-state index in [9.17, 15) is 0 Å². The molecule has 77 heavy (non-hydrogen) atoms. The second-order valence-electron chi connectivity index (χ2n) is 27.6. The van der Waals surface area contributed by atoms with Gasteiger partial charge in [-0.1, -0.05) is 118 Å². The summed E-state index contributed by atoms with van der Waals surface area (Å²) in [6, 6.07) is 57.7. The second-order valence-corrected chi connectivity index (χ2v) is 28.7. The van der Waals surface area contributed by atoms with E-state index in [2.05, 4.69) is 176 Å². The molecular weight excluding hydrogens is 952 g/mol. The van der Waals surface area contributed by atoms with Crippen molar-refractivity contribution in [1.29, 1.82) is 0 Å². The van der Waals surface area contributed by atoms with Gasteiger partial charge in [-0.15, -0.1) is 11.3 Å². The van der Waals surface area contributed by atoms with E-state index < -0.39 is 0 Å². The van der Waals surface area contributed by atoms with Gasteiger partial charge < -0.3 is 8.90 Å². The number of aromatic nitrogens is 1. The summed E-state index contributed by atoms with van der Waals surface area (Å²) >= 11 is 2.03. The van der Waals surface area contributed by atoms with E-state index in [1.165, 1.54) is 180 Å². The van der Waals surface area contributed by atoms with Crippen molar-refractivity contribution in [2.75, 3.05) is 4.90 Å². The molecule has 376 valence electrons. The first-order valence-corrected chi connectivity index (χ1v) is 30.5. The van der Waals surface area contributed by atoms with Crippen LogP contribution >= 0.6 is 11.3 Å². The first kappa shape index (κ1) is 43.4. The molecule has 2 aliphatic heterocycles. The average Bonchev–Trinajstić information content (AvgIpc) is 4.33. The lowest BCUT2D eigenvalue weighted by Crippen LogP contribution is -2.56. The van der Waals surface area contributed by atoms with Crippen molar-refractivity contribution in [3.63, 3.8) is 0 Å². The smallest absolute Gasteiger partial charge is 0.337 e. The average molecular weight is 1020 g/mol. The Morgan fingerprint density at radius 2 is 1.17 bits per heavy atom. The van der Waals surface area contributed by atoms with Gasteiger partial charge in [0.15, 0.2) is 0 Å². The topological polar surface area (TPSA) is 21.3 Å². The Labute approximate surface area is 455 Å². The van der Waals surface area contributed by atoms with Gasteiger partial charge in [-0.3, -0.25) is 4.90 Å². The van der Waals surface area contributed by atoms with Crippen molar-refractivity contribution < 1.29 is 4.42 Å². The van der Waals surface area contributed by atoms with Crippen LogP contribution < -0.4 is 15.8 Å². The molecule has 8 saturated carbocycles. The lowest BCUT2D eigenvalue weighted by atomic mass is 9.45. The first-order chi connectivity index (χ1) is 37.6. The molecule has 3 aromatic heterocycles. The van der Waals surface area contributed by atoms with Crippen LogP contribution in [0.2, 0.25) is 0 Å². The molecule has 8 aliphatic carbocycles. The van der Waals surface area contributed by atoms with Gasteiger partial charge in [0.1, 0.15) is 5.58 Å². The van der Waals surface area contributed by atoms with E-state index in [1.807, 2.05) is 11.3 Å². The maximum atomic E-state index is 7.79. The minimum absolute atomic E-state index is 0.0410. The van der Waals surface area contributed by atoms with Gasteiger partial charge in [-0.2, -0.15) is 0 Å². The van der Waals surface area contributed by atoms with Crippen LogP contribution in [0, 0.1) is 35.5 Å². The number of fused-ring (bicyclic) bond motifs is 15. The predicted molar refractivity (Wildman–Crippen MR) is 324 cm³/mol. The molecule has 0 radical (unpaired) electrons. The van der Waals surface area contributed by atoms with Crippen LogP contribution in [0.5, 0.6) is 0 Å². The van der Waals surface area contributed by atoms with Gasteiger partial charge in [-0.25, -0.2) is 0 Å². The van der Waals surface area contributed by atoms with Gasteiger partial charge in [0.05, 0.1) is 5.69 Å². The van der Waals surface area contributed by atoms with Crippen LogP contribution in [0.15, 0.2) is 150 Å². The van der Waals surface area contributed by atoms with E-state index >= 15 is 0 Å². The molecule has 8 aromatic carbocycles. The van der Waals surface area contributed by atoms with Gasteiger partial charge >= 0.3 is 6.85 Å². The Morgan fingerprint density at radius 1 is 0.519 bits per heavy atom. The van der Waals surface area contributed by atoms with E-state index in [-0.39, 0.29) is 17.7 Å². The Kier molecular flexibility index (Phi) is 8.33. The summed E-state index contributed by atoms with van der Waals surface area (Å²) in [5.74, 6) is 6.21. The largest absolute Gasteiger partial charge is 0.440 e. The van der Waals surface area contributed by atoms with Crippen LogP contribution in [0.3, 0.4) is 0 Å². The number of rotatable bonds is 4. The minimum atomic E-state index is -0.124. The zero-order valence-electron chi connectivity index (χ0n) is 44.6. The molecule has 5 heteroatoms. The van der Waals surface area contributed by atoms with E-state index in [4.69, 9.17) is 4.42 Å². The molecule has 3 nitrogen and oxygen atoms in total. The van der Waals surface area contributed by atoms with Gasteiger partial charge in [0, 0.05) is 80.6 Å². The molecule has 5 heterocycles. The molecule has 8 fully saturated rings. The molecule has 0 amide bonds. The third-order valence-corrected chi connectivity index (χ3v) is 23.4. The Morgan fingerprint density at radius 3 is 1.88 bits per heavy atom. The van der Waals surface area contributed by atoms with Gasteiger partial charge in [-0.05, 0) is 210 Å². The van der Waals surface area contributed by atoms with E-state index in [0.29, 0.717) is 5.41 Å². The highest BCUT2D eigenvalue weighted by Crippen LogP contribution is 2.64. The zero-order valence-corrected chi connectivity index (χ0v) is 45.4. The number of nitrogens with zero attached hydrogens (tertiary/aromatic N) is 2. The van der Waals surface area contributed by atoms with Crippen molar-refractivity contribution in [2.45, 2.75) is 114 Å². The number of hydrogen-bond acceptors (Lipinski definition) is 3. The summed E-state index contributed by atoms with van der Waals surface area (Å²) in [7, 11) is 0. The molecular formula is C72H63BN2OS. The number of thiophene rings is 1. The minimum Gasteiger partial charge on any atom is -0.440 e. The molecule has 10 aliphatic rings. The summed E-state index contributed by atoms with van der Waals surface area (Å²) in [5.41, 5.74) is 19.3. The molecule has 0 spiro atoms. The fraction of sp³-hybridized carbons (Fsp3) is 0.333. The first-order valence-electron chi connectivity index (χ1n) is 29.7. The van der Waals surface area contributed by atoms with Crippen LogP contribution in [0.4, 0.5) is 17.3 Å². The number of anilines is 3. The van der Waals surface area contributed by atoms with Gasteiger partial charge in [0.2, 0.25) is 5.88 Å². The second kappa shape index (κ2) is 14.8. The summed E-state index contributed by atoms with van der Waals surface area (Å²) in [5, 5.41) is 9.25. The van der Waals surface area contributed by atoms with Crippen LogP contribution in [-0.4, -0.2) is 11.3 Å². The highest BCUT2D eigenvalue weighted by molar-refractivity contribution is 7.26. The molecule has 0 saturated heterocycles. The zero-order chi connectivity index (χ0) is 50.4. The molecule has 0 atom stereocenters. The fourth-order valence-corrected chi connectivity index (χ4v) is 21.1. The molecule has 11 aromatic rings. The third-order valence-electron chi connectivity index (χ3n) is 22.2. The van der Waals surface area contributed by atoms with Gasteiger partial charge in [0.25, 0.3) is 0 Å². The van der Waals surface area contributed by atoms with Crippen molar-refractivity contribution in [2.24, 2.45) is 35.5 Å². The summed E-state index contributed by atoms with van der Waals surface area (Å²) in [4.78, 5) is 2.60. The van der Waals surface area contributed by atoms with E-state index in [1.54, 1.807) is 11.1 Å². The molecule has 0 N–H and O–H groups in total. The highest BCUT2D eigenvalue weighted by Gasteiger charge is 2.55. The maximum absolute atomic E-state index is 7.79. The maximum Gasteiger partial charge on any atom is 0.337 e. The quantitative estimate of drug-likeness (QED) is 0.164. The third kappa shape index (κ3) is 5.75. The molecule has 0 unspecified atom stereocenters. The Balaban J connectivity index is 0.980. The summed E-state index contributed by atoms with van der Waals surface area (Å²) in [6.45, 7) is 6.92.